The van der Waals surface area contributed by atoms with E-state index in [0.717, 1.165) is 27.9 Å². The highest BCUT2D eigenvalue weighted by Gasteiger charge is 2.34. The second kappa shape index (κ2) is 11.7. The monoisotopic (exact) mass is 629 g/mol. The number of para-hydroxylation sites is 1. The number of hydrogen-bond donors (Lipinski definition) is 2. The van der Waals surface area contributed by atoms with Gasteiger partial charge in [0.05, 0.1) is 22.5 Å². The third-order valence-corrected chi connectivity index (χ3v) is 7.79. The number of anilines is 2. The highest BCUT2D eigenvalue weighted by molar-refractivity contribution is 6.55. The Bertz CT molecular complexity index is 2530. The maximum Gasteiger partial charge on any atom is 0.338 e. The van der Waals surface area contributed by atoms with Crippen molar-refractivity contribution in [2.45, 2.75) is 0 Å². The first-order valence-electron chi connectivity index (χ1n) is 14.9. The van der Waals surface area contributed by atoms with Crippen molar-refractivity contribution < 1.29 is 4.79 Å². The number of nitrogens with one attached hydrogen (secondary N) is 2. The summed E-state index contributed by atoms with van der Waals surface area (Å²) in [6, 6.07) is 37.7. The molecule has 0 saturated heterocycles. The highest BCUT2D eigenvalue weighted by atomic mass is 16.2. The maximum atomic E-state index is 13.7. The van der Waals surface area contributed by atoms with Gasteiger partial charge in [0.2, 0.25) is 5.84 Å². The summed E-state index contributed by atoms with van der Waals surface area (Å²) in [5.41, 5.74) is 6.77. The van der Waals surface area contributed by atoms with E-state index in [1.54, 1.807) is 0 Å². The fourth-order valence-corrected chi connectivity index (χ4v) is 5.52. The van der Waals surface area contributed by atoms with Crippen LogP contribution in [-0.2, 0) is 4.79 Å². The molecular weight excluding hydrogens is 606 g/mol. The fraction of sp³-hybridized carbons (Fsp3) is 0. The van der Waals surface area contributed by atoms with E-state index in [4.69, 9.17) is 4.98 Å². The minimum Gasteiger partial charge on any atom is -0.276 e. The number of H-pyrrole nitrogens is 1. The number of aromatic amines is 1. The molecule has 0 radical (unpaired) electrons. The average molecular weight is 630 g/mol. The van der Waals surface area contributed by atoms with Gasteiger partial charge < -0.3 is 0 Å². The molecule has 8 rings (SSSR count). The number of nitrogens with zero attached hydrogens (tertiary/aromatic N) is 7. The molecule has 1 amide bonds. The lowest BCUT2D eigenvalue weighted by Crippen LogP contribution is -2.34. The van der Waals surface area contributed by atoms with E-state index in [2.05, 4.69) is 30.6 Å². The number of fused-ring (bicyclic) bond motifs is 3. The third-order valence-electron chi connectivity index (χ3n) is 7.79. The van der Waals surface area contributed by atoms with Gasteiger partial charge in [0.1, 0.15) is 12.2 Å². The molecule has 0 atom stereocenters. The number of amides is 1. The summed E-state index contributed by atoms with van der Waals surface area (Å²) < 4.78 is 1.32. The van der Waals surface area contributed by atoms with Gasteiger partial charge in [0, 0.05) is 11.1 Å². The smallest absolute Gasteiger partial charge is 0.276 e. The molecule has 0 unspecified atom stereocenters. The van der Waals surface area contributed by atoms with Crippen molar-refractivity contribution in [2.24, 2.45) is 10.1 Å². The number of pyridine rings is 1. The van der Waals surface area contributed by atoms with Crippen molar-refractivity contribution in [3.8, 4) is 22.4 Å². The van der Waals surface area contributed by atoms with Crippen molar-refractivity contribution in [1.82, 2.24) is 24.6 Å². The summed E-state index contributed by atoms with van der Waals surface area (Å²) in [5, 5.41) is 7.32. The minimum absolute atomic E-state index is 0.0258. The zero-order valence-corrected chi connectivity index (χ0v) is 25.0. The van der Waals surface area contributed by atoms with Crippen LogP contribution in [0.1, 0.15) is 5.56 Å². The van der Waals surface area contributed by atoms with Crippen molar-refractivity contribution in [3.05, 3.63) is 154 Å². The molecule has 0 bridgehead atoms. The van der Waals surface area contributed by atoms with Crippen LogP contribution in [0.25, 0.3) is 39.1 Å². The first kappa shape index (κ1) is 28.4. The van der Waals surface area contributed by atoms with Gasteiger partial charge in [-0.25, -0.2) is 19.5 Å². The summed E-state index contributed by atoms with van der Waals surface area (Å²) in [6.07, 6.45) is 1.37. The molecule has 3 aromatic heterocycles. The Morgan fingerprint density at radius 2 is 1.38 bits per heavy atom. The highest BCUT2D eigenvalue weighted by Crippen LogP contribution is 2.34. The molecule has 2 N–H and O–H groups in total. The van der Waals surface area contributed by atoms with Gasteiger partial charge in [0.25, 0.3) is 0 Å². The Morgan fingerprint density at radius 1 is 0.708 bits per heavy atom. The van der Waals surface area contributed by atoms with Gasteiger partial charge >= 0.3 is 17.0 Å². The number of aliphatic imine (C=N–C) groups is 1. The molecule has 12 heteroatoms. The lowest BCUT2D eigenvalue weighted by Gasteiger charge is -2.19. The zero-order valence-electron chi connectivity index (χ0n) is 25.0. The Balaban J connectivity index is 1.21. The van der Waals surface area contributed by atoms with Crippen molar-refractivity contribution >= 4 is 45.6 Å². The molecule has 1 aliphatic rings. The largest absolute Gasteiger partial charge is 0.338 e. The van der Waals surface area contributed by atoms with Crippen LogP contribution in [0.5, 0.6) is 0 Å². The van der Waals surface area contributed by atoms with E-state index in [1.165, 1.54) is 15.7 Å². The van der Waals surface area contributed by atoms with E-state index >= 15 is 0 Å². The molecule has 48 heavy (non-hydrogen) atoms. The Labute approximate surface area is 271 Å². The topological polar surface area (TPSA) is 150 Å². The number of carbonyl (C=O) groups is 1. The molecule has 1 aliphatic heterocycles. The normalized spacial score (nSPS) is 13.8. The molecule has 0 aliphatic carbocycles. The van der Waals surface area contributed by atoms with Crippen LogP contribution in [0.4, 0.5) is 11.4 Å². The second-order valence-corrected chi connectivity index (χ2v) is 10.8. The molecule has 0 spiro atoms. The fourth-order valence-electron chi connectivity index (χ4n) is 5.52. The number of benzene rings is 4. The van der Waals surface area contributed by atoms with Gasteiger partial charge in [-0.15, -0.1) is 5.10 Å². The van der Waals surface area contributed by atoms with Gasteiger partial charge in [-0.2, -0.15) is 4.98 Å². The summed E-state index contributed by atoms with van der Waals surface area (Å²) in [4.78, 5) is 57.5. The molecule has 4 heterocycles. The van der Waals surface area contributed by atoms with Crippen LogP contribution in [0.3, 0.4) is 0 Å². The van der Waals surface area contributed by atoms with E-state index in [0.29, 0.717) is 28.3 Å². The standard InChI is InChI=1S/C36H23N9O3/c46-34-35(47)43-44-21-37-30-29(33(44)40-34)27(22-10-4-1-5-11-22)20-28(38-30)23-16-18-26(19-17-23)45-32(24-12-6-2-7-13-24)39-31(36(45)48)42-41-25-14-8-3-9-15-25/h1-21,41H,(H,43,47)/b42-31-. The number of amidine groups is 2. The molecule has 230 valence electrons. The lowest BCUT2D eigenvalue weighted by molar-refractivity contribution is -0.111. The molecule has 4 aromatic carbocycles. The third kappa shape index (κ3) is 5.08. The van der Waals surface area contributed by atoms with Gasteiger partial charge in [-0.05, 0) is 41.5 Å². The predicted molar refractivity (Wildman–Crippen MR) is 184 cm³/mol. The molecule has 0 saturated carbocycles. The predicted octanol–water partition coefficient (Wildman–Crippen LogP) is 4.88. The first-order chi connectivity index (χ1) is 23.5. The van der Waals surface area contributed by atoms with Crippen LogP contribution in [0.2, 0.25) is 0 Å². The van der Waals surface area contributed by atoms with Gasteiger partial charge in [-0.1, -0.05) is 91.0 Å². The molecular formula is C36H23N9O3. The van der Waals surface area contributed by atoms with Gasteiger partial charge in [0.15, 0.2) is 11.3 Å². The average Bonchev–Trinajstić information content (AvgIpc) is 3.47. The number of aromatic nitrogens is 5. The second-order valence-electron chi connectivity index (χ2n) is 10.8. The number of hydrogen-bond acceptors (Lipinski definition) is 8. The Hall–Kier alpha value is -7.08. The number of carbonyl (C=O) groups excluding carboxylic acids is 1. The molecule has 0 fully saturated rings. The van der Waals surface area contributed by atoms with Crippen molar-refractivity contribution in [3.63, 3.8) is 0 Å². The van der Waals surface area contributed by atoms with Crippen molar-refractivity contribution in [2.75, 3.05) is 10.3 Å². The summed E-state index contributed by atoms with van der Waals surface area (Å²) in [7, 11) is 0. The summed E-state index contributed by atoms with van der Waals surface area (Å²) in [5.74, 6) is 0.101. The van der Waals surface area contributed by atoms with Crippen LogP contribution >= 0.6 is 0 Å². The van der Waals surface area contributed by atoms with E-state index in [-0.39, 0.29) is 17.4 Å². The number of hydrazone groups is 1. The van der Waals surface area contributed by atoms with E-state index in [1.807, 2.05) is 121 Å². The molecule has 7 aromatic rings. The van der Waals surface area contributed by atoms with Crippen LogP contribution in [0, 0.1) is 0 Å². The van der Waals surface area contributed by atoms with E-state index < -0.39 is 11.1 Å². The van der Waals surface area contributed by atoms with Crippen LogP contribution in [-0.4, -0.2) is 42.1 Å². The van der Waals surface area contributed by atoms with Crippen LogP contribution in [0.15, 0.2) is 147 Å². The minimum atomic E-state index is -0.903. The SMILES string of the molecule is O=C1/C(=N/Nc2ccccc2)N=C(c2ccccc2)N1c1ccc(-c2cc(-c3ccccc3)c3c(ncn4[nH]c(=O)c(=O)nc34)n2)cc1. The Kier molecular flexibility index (Phi) is 6.92. The van der Waals surface area contributed by atoms with Gasteiger partial charge in [-0.3, -0.25) is 29.8 Å². The summed E-state index contributed by atoms with van der Waals surface area (Å²) >= 11 is 0. The zero-order chi connectivity index (χ0) is 32.6. The lowest BCUT2D eigenvalue weighted by atomic mass is 10.00. The quantitative estimate of drug-likeness (QED) is 0.151. The Morgan fingerprint density at radius 3 is 2.08 bits per heavy atom. The molecule has 12 nitrogen and oxygen atoms in total. The first-order valence-corrected chi connectivity index (χ1v) is 14.9. The van der Waals surface area contributed by atoms with E-state index in [9.17, 15) is 14.4 Å². The maximum absolute atomic E-state index is 13.7. The van der Waals surface area contributed by atoms with Crippen LogP contribution < -0.4 is 21.4 Å². The number of rotatable bonds is 6. The summed E-state index contributed by atoms with van der Waals surface area (Å²) in [6.45, 7) is 0. The van der Waals surface area contributed by atoms with Crippen molar-refractivity contribution in [1.29, 1.82) is 0 Å².